The molecular weight excluding hydrogens is 452 g/mol. The SMILES string of the molecule is CC(C)(C)c1cc(C(c2cc(C(C)(C)C)cc(C(C)(C)C)c2O)C2CCCCC2)c(O)c(C(C)(C)C)c1. The topological polar surface area (TPSA) is 40.5 Å². The average Bonchev–Trinajstić information content (AvgIpc) is 2.73. The van der Waals surface area contributed by atoms with Gasteiger partial charge in [0.15, 0.2) is 0 Å². The maximum absolute atomic E-state index is 11.9. The quantitative estimate of drug-likeness (QED) is 0.435. The lowest BCUT2D eigenvalue weighted by Crippen LogP contribution is -2.24. The molecule has 2 aromatic carbocycles. The van der Waals surface area contributed by atoms with E-state index in [1.807, 2.05) is 0 Å². The summed E-state index contributed by atoms with van der Waals surface area (Å²) in [5.74, 6) is 1.16. The Morgan fingerprint density at radius 2 is 0.892 bits per heavy atom. The van der Waals surface area contributed by atoms with Crippen LogP contribution in [0.15, 0.2) is 24.3 Å². The average molecular weight is 507 g/mol. The van der Waals surface area contributed by atoms with Crippen molar-refractivity contribution in [1.29, 1.82) is 0 Å². The van der Waals surface area contributed by atoms with Crippen molar-refractivity contribution in [2.45, 2.75) is 143 Å². The summed E-state index contributed by atoms with van der Waals surface area (Å²) in [4.78, 5) is 0. The third-order valence-corrected chi connectivity index (χ3v) is 8.42. The molecule has 0 bridgehead atoms. The normalized spacial score (nSPS) is 16.5. The third-order valence-electron chi connectivity index (χ3n) is 8.42. The van der Waals surface area contributed by atoms with E-state index in [1.165, 1.54) is 30.4 Å². The van der Waals surface area contributed by atoms with E-state index < -0.39 is 0 Å². The van der Waals surface area contributed by atoms with Gasteiger partial charge in [-0.3, -0.25) is 0 Å². The predicted molar refractivity (Wildman–Crippen MR) is 159 cm³/mol. The Balaban J connectivity index is 2.46. The molecule has 206 valence electrons. The standard InChI is InChI=1S/C35H54O2/c1-32(2,3)23-18-25(30(36)27(20-23)34(7,8)9)29(22-16-14-13-15-17-22)26-19-24(33(4,5)6)21-28(31(26)37)35(10,11)12/h18-22,29,36-37H,13-17H2,1-12H3. The number of rotatable bonds is 3. The Hall–Kier alpha value is -1.96. The second-order valence-corrected chi connectivity index (χ2v) is 15.8. The Morgan fingerprint density at radius 3 is 1.19 bits per heavy atom. The van der Waals surface area contributed by atoms with Gasteiger partial charge in [-0.25, -0.2) is 0 Å². The second kappa shape index (κ2) is 9.97. The molecule has 1 aliphatic rings. The van der Waals surface area contributed by atoms with Crippen LogP contribution in [-0.2, 0) is 21.7 Å². The van der Waals surface area contributed by atoms with Crippen molar-refractivity contribution in [2.24, 2.45) is 5.92 Å². The molecule has 0 spiro atoms. The fourth-order valence-corrected chi connectivity index (χ4v) is 5.94. The largest absolute Gasteiger partial charge is 0.507 e. The van der Waals surface area contributed by atoms with Crippen LogP contribution in [-0.4, -0.2) is 10.2 Å². The van der Waals surface area contributed by atoms with Crippen LogP contribution in [0.25, 0.3) is 0 Å². The molecule has 0 heterocycles. The molecule has 2 N–H and O–H groups in total. The van der Waals surface area contributed by atoms with Gasteiger partial charge in [-0.15, -0.1) is 0 Å². The predicted octanol–water partition coefficient (Wildman–Crippen LogP) is 10.00. The molecule has 3 rings (SSSR count). The van der Waals surface area contributed by atoms with Gasteiger partial charge in [0.25, 0.3) is 0 Å². The van der Waals surface area contributed by atoms with E-state index in [0.717, 1.165) is 35.1 Å². The number of aromatic hydroxyl groups is 2. The summed E-state index contributed by atoms with van der Waals surface area (Å²) < 4.78 is 0. The van der Waals surface area contributed by atoms with Crippen molar-refractivity contribution in [1.82, 2.24) is 0 Å². The molecule has 1 fully saturated rings. The van der Waals surface area contributed by atoms with Crippen LogP contribution >= 0.6 is 0 Å². The summed E-state index contributed by atoms with van der Waals surface area (Å²) in [5, 5.41) is 23.9. The highest BCUT2D eigenvalue weighted by Gasteiger charge is 2.36. The van der Waals surface area contributed by atoms with Gasteiger partial charge >= 0.3 is 0 Å². The lowest BCUT2D eigenvalue weighted by atomic mass is 9.68. The summed E-state index contributed by atoms with van der Waals surface area (Å²) in [5.41, 5.74) is 5.98. The first-order chi connectivity index (χ1) is 16.7. The smallest absolute Gasteiger partial charge is 0.123 e. The highest BCUT2D eigenvalue weighted by atomic mass is 16.3. The minimum atomic E-state index is -0.191. The maximum Gasteiger partial charge on any atom is 0.123 e. The molecule has 2 nitrogen and oxygen atoms in total. The minimum Gasteiger partial charge on any atom is -0.507 e. The van der Waals surface area contributed by atoms with Crippen LogP contribution in [0.5, 0.6) is 11.5 Å². The fraction of sp³-hybridized carbons (Fsp3) is 0.657. The molecule has 0 atom stereocenters. The Morgan fingerprint density at radius 1 is 0.541 bits per heavy atom. The van der Waals surface area contributed by atoms with Gasteiger partial charge in [0, 0.05) is 17.0 Å². The van der Waals surface area contributed by atoms with Gasteiger partial charge in [-0.1, -0.05) is 127 Å². The van der Waals surface area contributed by atoms with Crippen molar-refractivity contribution >= 4 is 0 Å². The van der Waals surface area contributed by atoms with Crippen molar-refractivity contribution in [2.75, 3.05) is 0 Å². The van der Waals surface area contributed by atoms with Gasteiger partial charge < -0.3 is 10.2 Å². The van der Waals surface area contributed by atoms with E-state index in [-0.39, 0.29) is 27.6 Å². The Kier molecular flexibility index (Phi) is 7.98. The number of hydrogen-bond acceptors (Lipinski definition) is 2. The summed E-state index contributed by atoms with van der Waals surface area (Å²) in [6.07, 6.45) is 5.93. The molecule has 2 aromatic rings. The molecule has 0 aliphatic heterocycles. The van der Waals surface area contributed by atoms with E-state index in [1.54, 1.807) is 0 Å². The summed E-state index contributed by atoms with van der Waals surface area (Å²) >= 11 is 0. The summed E-state index contributed by atoms with van der Waals surface area (Å²) in [6, 6.07) is 8.93. The number of phenols is 2. The van der Waals surface area contributed by atoms with Crippen molar-refractivity contribution < 1.29 is 10.2 Å². The molecular formula is C35H54O2. The summed E-state index contributed by atoms with van der Waals surface area (Å²) in [7, 11) is 0. The molecule has 2 heteroatoms. The second-order valence-electron chi connectivity index (χ2n) is 15.8. The molecule has 37 heavy (non-hydrogen) atoms. The minimum absolute atomic E-state index is 0.0490. The molecule has 0 unspecified atom stereocenters. The monoisotopic (exact) mass is 506 g/mol. The third kappa shape index (κ3) is 6.37. The van der Waals surface area contributed by atoms with E-state index in [2.05, 4.69) is 107 Å². The molecule has 1 saturated carbocycles. The number of hydrogen-bond donors (Lipinski definition) is 2. The Labute approximate surface area is 227 Å². The molecule has 0 amide bonds. The molecule has 0 saturated heterocycles. The zero-order chi connectivity index (χ0) is 28.1. The van der Waals surface area contributed by atoms with Crippen molar-refractivity contribution in [3.05, 3.63) is 57.6 Å². The van der Waals surface area contributed by atoms with Crippen molar-refractivity contribution in [3.63, 3.8) is 0 Å². The zero-order valence-corrected chi connectivity index (χ0v) is 25.9. The number of benzene rings is 2. The van der Waals surface area contributed by atoms with Crippen LogP contribution in [0.3, 0.4) is 0 Å². The maximum atomic E-state index is 11.9. The van der Waals surface area contributed by atoms with Crippen LogP contribution in [0.2, 0.25) is 0 Å². The highest BCUT2D eigenvalue weighted by molar-refractivity contribution is 5.58. The number of phenolic OH excluding ortho intramolecular Hbond substituents is 2. The van der Waals surface area contributed by atoms with Gasteiger partial charge in [0.2, 0.25) is 0 Å². The van der Waals surface area contributed by atoms with E-state index in [4.69, 9.17) is 0 Å². The van der Waals surface area contributed by atoms with Gasteiger partial charge in [0.05, 0.1) is 0 Å². The fourth-order valence-electron chi connectivity index (χ4n) is 5.94. The lowest BCUT2D eigenvalue weighted by molar-refractivity contribution is 0.314. The van der Waals surface area contributed by atoms with Gasteiger partial charge in [-0.05, 0) is 62.7 Å². The first-order valence-electron chi connectivity index (χ1n) is 14.5. The zero-order valence-electron chi connectivity index (χ0n) is 25.9. The summed E-state index contributed by atoms with van der Waals surface area (Å²) in [6.45, 7) is 26.6. The van der Waals surface area contributed by atoms with Crippen LogP contribution < -0.4 is 0 Å². The Bertz CT molecular complexity index is 1020. The van der Waals surface area contributed by atoms with E-state index in [0.29, 0.717) is 17.4 Å². The van der Waals surface area contributed by atoms with Crippen LogP contribution in [0.4, 0.5) is 0 Å². The first kappa shape index (κ1) is 29.6. The lowest BCUT2D eigenvalue weighted by Gasteiger charge is -2.37. The van der Waals surface area contributed by atoms with E-state index in [9.17, 15) is 10.2 Å². The first-order valence-corrected chi connectivity index (χ1v) is 14.5. The molecule has 0 aromatic heterocycles. The van der Waals surface area contributed by atoms with Crippen molar-refractivity contribution in [3.8, 4) is 11.5 Å². The van der Waals surface area contributed by atoms with Crippen LogP contribution in [0.1, 0.15) is 154 Å². The molecule has 1 aliphatic carbocycles. The highest BCUT2D eigenvalue weighted by Crippen LogP contribution is 2.51. The van der Waals surface area contributed by atoms with E-state index >= 15 is 0 Å². The van der Waals surface area contributed by atoms with Crippen LogP contribution in [0, 0.1) is 5.92 Å². The molecule has 0 radical (unpaired) electrons. The van der Waals surface area contributed by atoms with Gasteiger partial charge in [0.1, 0.15) is 11.5 Å². The van der Waals surface area contributed by atoms with Gasteiger partial charge in [-0.2, -0.15) is 0 Å².